The van der Waals surface area contributed by atoms with Gasteiger partial charge in [0.05, 0.1) is 0 Å². The Balaban J connectivity index is 2.08. The first-order valence-electron chi connectivity index (χ1n) is 5.36. The van der Waals surface area contributed by atoms with Crippen LogP contribution in [0.25, 0.3) is 0 Å². The van der Waals surface area contributed by atoms with E-state index in [0.717, 1.165) is 28.6 Å². The molecule has 4 heteroatoms. The SMILES string of the molecule is Cc1c(Br)cccc1NC(=O)[C@@H]1CCCO1. The summed E-state index contributed by atoms with van der Waals surface area (Å²) < 4.78 is 6.33. The molecule has 1 atom stereocenters. The van der Waals surface area contributed by atoms with Gasteiger partial charge in [-0.25, -0.2) is 0 Å². The van der Waals surface area contributed by atoms with Crippen molar-refractivity contribution >= 4 is 27.5 Å². The minimum atomic E-state index is -0.279. The number of amides is 1. The molecule has 86 valence electrons. The summed E-state index contributed by atoms with van der Waals surface area (Å²) in [7, 11) is 0. The summed E-state index contributed by atoms with van der Waals surface area (Å²) in [4.78, 5) is 11.8. The predicted octanol–water partition coefficient (Wildman–Crippen LogP) is 2.88. The Morgan fingerprint density at radius 3 is 3.06 bits per heavy atom. The summed E-state index contributed by atoms with van der Waals surface area (Å²) in [5, 5.41) is 2.90. The second-order valence-corrected chi connectivity index (χ2v) is 4.76. The average molecular weight is 284 g/mol. The van der Waals surface area contributed by atoms with Crippen LogP contribution in [0.3, 0.4) is 0 Å². The molecule has 1 amide bonds. The van der Waals surface area contributed by atoms with E-state index in [0.29, 0.717) is 6.61 Å². The first-order valence-corrected chi connectivity index (χ1v) is 6.15. The van der Waals surface area contributed by atoms with Gasteiger partial charge < -0.3 is 10.1 Å². The van der Waals surface area contributed by atoms with Crippen molar-refractivity contribution in [2.45, 2.75) is 25.9 Å². The zero-order valence-corrected chi connectivity index (χ0v) is 10.7. The van der Waals surface area contributed by atoms with Crippen molar-refractivity contribution in [1.82, 2.24) is 0 Å². The third-order valence-corrected chi connectivity index (χ3v) is 3.61. The fourth-order valence-corrected chi connectivity index (χ4v) is 2.11. The van der Waals surface area contributed by atoms with Gasteiger partial charge in [0.25, 0.3) is 5.91 Å². The normalized spacial score (nSPS) is 19.8. The molecular weight excluding hydrogens is 270 g/mol. The molecule has 3 nitrogen and oxygen atoms in total. The van der Waals surface area contributed by atoms with Gasteiger partial charge in [0, 0.05) is 16.8 Å². The van der Waals surface area contributed by atoms with Gasteiger partial charge in [0.2, 0.25) is 0 Å². The van der Waals surface area contributed by atoms with Crippen LogP contribution in [0.1, 0.15) is 18.4 Å². The molecule has 1 aromatic carbocycles. The Hall–Kier alpha value is -0.870. The van der Waals surface area contributed by atoms with Crippen molar-refractivity contribution in [2.24, 2.45) is 0 Å². The lowest BCUT2D eigenvalue weighted by Crippen LogP contribution is -2.27. The Morgan fingerprint density at radius 1 is 1.56 bits per heavy atom. The zero-order chi connectivity index (χ0) is 11.5. The van der Waals surface area contributed by atoms with E-state index < -0.39 is 0 Å². The van der Waals surface area contributed by atoms with Gasteiger partial charge in [-0.3, -0.25) is 4.79 Å². The number of anilines is 1. The summed E-state index contributed by atoms with van der Waals surface area (Å²) in [5.41, 5.74) is 1.88. The third kappa shape index (κ3) is 2.44. The van der Waals surface area contributed by atoms with Crippen molar-refractivity contribution in [2.75, 3.05) is 11.9 Å². The Morgan fingerprint density at radius 2 is 2.38 bits per heavy atom. The third-order valence-electron chi connectivity index (χ3n) is 2.75. The molecular formula is C12H14BrNO2. The van der Waals surface area contributed by atoms with E-state index in [2.05, 4.69) is 21.2 Å². The predicted molar refractivity (Wildman–Crippen MR) is 66.5 cm³/mol. The maximum Gasteiger partial charge on any atom is 0.253 e. The van der Waals surface area contributed by atoms with E-state index in [1.807, 2.05) is 25.1 Å². The van der Waals surface area contributed by atoms with Crippen LogP contribution in [0.5, 0.6) is 0 Å². The quantitative estimate of drug-likeness (QED) is 0.906. The number of ether oxygens (including phenoxy) is 1. The molecule has 0 aliphatic carbocycles. The van der Waals surface area contributed by atoms with E-state index >= 15 is 0 Å². The molecule has 0 radical (unpaired) electrons. The highest BCUT2D eigenvalue weighted by Gasteiger charge is 2.23. The topological polar surface area (TPSA) is 38.3 Å². The van der Waals surface area contributed by atoms with Gasteiger partial charge in [0.15, 0.2) is 0 Å². The molecule has 1 aliphatic heterocycles. The van der Waals surface area contributed by atoms with Crippen LogP contribution in [-0.2, 0) is 9.53 Å². The van der Waals surface area contributed by atoms with Gasteiger partial charge >= 0.3 is 0 Å². The zero-order valence-electron chi connectivity index (χ0n) is 9.13. The van der Waals surface area contributed by atoms with Crippen molar-refractivity contribution in [3.63, 3.8) is 0 Å². The van der Waals surface area contributed by atoms with Crippen molar-refractivity contribution in [3.8, 4) is 0 Å². The average Bonchev–Trinajstić information content (AvgIpc) is 2.78. The minimum Gasteiger partial charge on any atom is -0.368 e. The van der Waals surface area contributed by atoms with Crippen molar-refractivity contribution < 1.29 is 9.53 Å². The van der Waals surface area contributed by atoms with Crippen LogP contribution in [-0.4, -0.2) is 18.6 Å². The van der Waals surface area contributed by atoms with E-state index in [4.69, 9.17) is 4.74 Å². The molecule has 1 heterocycles. The lowest BCUT2D eigenvalue weighted by Gasteiger charge is -2.12. The number of halogens is 1. The largest absolute Gasteiger partial charge is 0.368 e. The van der Waals surface area contributed by atoms with Gasteiger partial charge in [-0.15, -0.1) is 0 Å². The summed E-state index contributed by atoms with van der Waals surface area (Å²) in [6.07, 6.45) is 1.51. The highest BCUT2D eigenvalue weighted by atomic mass is 79.9. The molecule has 16 heavy (non-hydrogen) atoms. The second-order valence-electron chi connectivity index (χ2n) is 3.90. The van der Waals surface area contributed by atoms with Crippen LogP contribution >= 0.6 is 15.9 Å². The lowest BCUT2D eigenvalue weighted by atomic mass is 10.2. The van der Waals surface area contributed by atoms with Crippen LogP contribution < -0.4 is 5.32 Å². The molecule has 0 unspecified atom stereocenters. The highest BCUT2D eigenvalue weighted by molar-refractivity contribution is 9.10. The second kappa shape index (κ2) is 4.97. The van der Waals surface area contributed by atoms with E-state index in [9.17, 15) is 4.79 Å². The van der Waals surface area contributed by atoms with Crippen molar-refractivity contribution in [1.29, 1.82) is 0 Å². The van der Waals surface area contributed by atoms with Gasteiger partial charge in [0.1, 0.15) is 6.10 Å². The lowest BCUT2D eigenvalue weighted by molar-refractivity contribution is -0.124. The number of carbonyl (C=O) groups is 1. The first kappa shape index (κ1) is 11.6. The summed E-state index contributed by atoms with van der Waals surface area (Å²) in [6.45, 7) is 2.66. The number of carbonyl (C=O) groups excluding carboxylic acids is 1. The fraction of sp³-hybridized carbons (Fsp3) is 0.417. The maximum atomic E-state index is 11.8. The molecule has 0 bridgehead atoms. The number of hydrogen-bond acceptors (Lipinski definition) is 2. The molecule has 2 rings (SSSR count). The number of benzene rings is 1. The monoisotopic (exact) mass is 283 g/mol. The fourth-order valence-electron chi connectivity index (χ4n) is 1.74. The summed E-state index contributed by atoms with van der Waals surface area (Å²) in [5.74, 6) is -0.0429. The van der Waals surface area contributed by atoms with Crippen LogP contribution in [0, 0.1) is 6.92 Å². The van der Waals surface area contributed by atoms with E-state index in [1.165, 1.54) is 0 Å². The van der Waals surface area contributed by atoms with Crippen LogP contribution in [0.4, 0.5) is 5.69 Å². The minimum absolute atomic E-state index is 0.0429. The Bertz CT molecular complexity index is 400. The van der Waals surface area contributed by atoms with Crippen LogP contribution in [0.2, 0.25) is 0 Å². The molecule has 1 aromatic rings. The summed E-state index contributed by atoms with van der Waals surface area (Å²) >= 11 is 3.44. The Kier molecular flexibility index (Phi) is 3.61. The van der Waals surface area contributed by atoms with Gasteiger partial charge in [-0.1, -0.05) is 22.0 Å². The molecule has 1 fully saturated rings. The standard InChI is InChI=1S/C12H14BrNO2/c1-8-9(13)4-2-5-10(8)14-12(15)11-6-3-7-16-11/h2,4-5,11H,3,6-7H2,1H3,(H,14,15)/t11-/m0/s1. The van der Waals surface area contributed by atoms with Gasteiger partial charge in [-0.2, -0.15) is 0 Å². The number of rotatable bonds is 2. The van der Waals surface area contributed by atoms with Crippen molar-refractivity contribution in [3.05, 3.63) is 28.2 Å². The van der Waals surface area contributed by atoms with Gasteiger partial charge in [-0.05, 0) is 37.5 Å². The first-order chi connectivity index (χ1) is 7.68. The molecule has 0 saturated carbocycles. The smallest absolute Gasteiger partial charge is 0.253 e. The molecule has 0 aromatic heterocycles. The molecule has 0 spiro atoms. The van der Waals surface area contributed by atoms with E-state index in [1.54, 1.807) is 0 Å². The van der Waals surface area contributed by atoms with Crippen LogP contribution in [0.15, 0.2) is 22.7 Å². The van der Waals surface area contributed by atoms with E-state index in [-0.39, 0.29) is 12.0 Å². The molecule has 1 aliphatic rings. The highest BCUT2D eigenvalue weighted by Crippen LogP contribution is 2.24. The molecule has 1 N–H and O–H groups in total. The Labute approximate surface area is 103 Å². The maximum absolute atomic E-state index is 11.8. The number of hydrogen-bond donors (Lipinski definition) is 1. The molecule has 1 saturated heterocycles. The summed E-state index contributed by atoms with van der Waals surface area (Å²) in [6, 6.07) is 5.76. The number of nitrogens with one attached hydrogen (secondary N) is 1.